The highest BCUT2D eigenvalue weighted by Crippen LogP contribution is 2.28. The van der Waals surface area contributed by atoms with Crippen LogP contribution in [0.5, 0.6) is 5.75 Å². The molecule has 0 unspecified atom stereocenters. The fraction of sp³-hybridized carbons (Fsp3) is 0.353. The van der Waals surface area contributed by atoms with Crippen LogP contribution in [0, 0.1) is 13.8 Å². The van der Waals surface area contributed by atoms with Crippen molar-refractivity contribution < 1.29 is 23.5 Å². The summed E-state index contributed by atoms with van der Waals surface area (Å²) in [6.45, 7) is 6.28. The molecule has 1 heterocycles. The average molecular weight is 318 g/mol. The molecule has 0 radical (unpaired) electrons. The number of carbonyl (C=O) groups excluding carboxylic acids is 2. The average Bonchev–Trinajstić information content (AvgIpc) is 2.50. The largest absolute Gasteiger partial charge is 0.481 e. The van der Waals surface area contributed by atoms with Crippen molar-refractivity contribution >= 4 is 22.7 Å². The van der Waals surface area contributed by atoms with Gasteiger partial charge in [0.1, 0.15) is 17.1 Å². The Morgan fingerprint density at radius 1 is 1.22 bits per heavy atom. The minimum atomic E-state index is -0.538. The van der Waals surface area contributed by atoms with E-state index < -0.39 is 5.97 Å². The van der Waals surface area contributed by atoms with Crippen LogP contribution in [0.1, 0.15) is 35.5 Å². The van der Waals surface area contributed by atoms with Crippen LogP contribution in [-0.2, 0) is 9.53 Å². The van der Waals surface area contributed by atoms with Gasteiger partial charge in [-0.3, -0.25) is 9.59 Å². The lowest BCUT2D eigenvalue weighted by Gasteiger charge is -2.12. The number of esters is 1. The van der Waals surface area contributed by atoms with E-state index in [-0.39, 0.29) is 41.3 Å². The SMILES string of the molecule is CCOC(=O)COc1ccc2c(=O)c(C)c(C)oc2c1C(C)=O. The summed E-state index contributed by atoms with van der Waals surface area (Å²) in [4.78, 5) is 35.7. The summed E-state index contributed by atoms with van der Waals surface area (Å²) in [5, 5.41) is 0.307. The van der Waals surface area contributed by atoms with Gasteiger partial charge in [-0.1, -0.05) is 0 Å². The van der Waals surface area contributed by atoms with Crippen LogP contribution in [0.15, 0.2) is 21.3 Å². The molecule has 1 aromatic carbocycles. The van der Waals surface area contributed by atoms with Gasteiger partial charge < -0.3 is 13.9 Å². The first-order chi connectivity index (χ1) is 10.9. The number of hydrogen-bond donors (Lipinski definition) is 0. The van der Waals surface area contributed by atoms with Crippen LogP contribution >= 0.6 is 0 Å². The molecule has 1 aromatic heterocycles. The predicted molar refractivity (Wildman–Crippen MR) is 84.1 cm³/mol. The molecule has 0 aliphatic rings. The number of ether oxygens (including phenoxy) is 2. The van der Waals surface area contributed by atoms with E-state index in [9.17, 15) is 14.4 Å². The van der Waals surface area contributed by atoms with Gasteiger partial charge in [-0.2, -0.15) is 0 Å². The molecule has 0 fully saturated rings. The van der Waals surface area contributed by atoms with Crippen LogP contribution < -0.4 is 10.2 Å². The molecule has 0 aliphatic heterocycles. The van der Waals surface area contributed by atoms with E-state index in [2.05, 4.69) is 0 Å². The van der Waals surface area contributed by atoms with E-state index in [1.807, 2.05) is 0 Å². The lowest BCUT2D eigenvalue weighted by atomic mass is 10.0. The maximum Gasteiger partial charge on any atom is 0.344 e. The molecular formula is C17H18O6. The zero-order chi connectivity index (χ0) is 17.1. The minimum Gasteiger partial charge on any atom is -0.481 e. The van der Waals surface area contributed by atoms with Gasteiger partial charge in [0.2, 0.25) is 0 Å². The summed E-state index contributed by atoms with van der Waals surface area (Å²) in [6.07, 6.45) is 0. The van der Waals surface area contributed by atoms with Crippen LogP contribution in [-0.4, -0.2) is 25.0 Å². The smallest absolute Gasteiger partial charge is 0.344 e. The van der Waals surface area contributed by atoms with Crippen molar-refractivity contribution in [2.75, 3.05) is 13.2 Å². The Kier molecular flexibility index (Phi) is 4.83. The van der Waals surface area contributed by atoms with Gasteiger partial charge in [0, 0.05) is 5.56 Å². The van der Waals surface area contributed by atoms with Gasteiger partial charge >= 0.3 is 5.97 Å². The molecule has 6 heteroatoms. The van der Waals surface area contributed by atoms with Crippen molar-refractivity contribution in [1.82, 2.24) is 0 Å². The molecule has 0 amide bonds. The normalized spacial score (nSPS) is 10.6. The second-order valence-corrected chi connectivity index (χ2v) is 5.08. The van der Waals surface area contributed by atoms with Crippen LogP contribution in [0.4, 0.5) is 0 Å². The molecular weight excluding hydrogens is 300 g/mol. The number of fused-ring (bicyclic) bond motifs is 1. The molecule has 2 aromatic rings. The third-order valence-corrected chi connectivity index (χ3v) is 3.49. The Labute approximate surface area is 133 Å². The number of Topliss-reactive ketones (excluding diaryl/α,β-unsaturated/α-hetero) is 1. The van der Waals surface area contributed by atoms with Crippen molar-refractivity contribution in [1.29, 1.82) is 0 Å². The first-order valence-electron chi connectivity index (χ1n) is 7.23. The number of rotatable bonds is 5. The second-order valence-electron chi connectivity index (χ2n) is 5.08. The van der Waals surface area contributed by atoms with Crippen molar-refractivity contribution in [3.05, 3.63) is 39.2 Å². The lowest BCUT2D eigenvalue weighted by Crippen LogP contribution is -2.16. The predicted octanol–water partition coefficient (Wildman–Crippen LogP) is 2.55. The minimum absolute atomic E-state index is 0.145. The Morgan fingerprint density at radius 3 is 2.52 bits per heavy atom. The highest BCUT2D eigenvalue weighted by Gasteiger charge is 2.19. The molecule has 0 bridgehead atoms. The number of benzene rings is 1. The molecule has 6 nitrogen and oxygen atoms in total. The Bertz CT molecular complexity index is 831. The van der Waals surface area contributed by atoms with Crippen molar-refractivity contribution in [3.63, 3.8) is 0 Å². The summed E-state index contributed by atoms with van der Waals surface area (Å²) in [5.74, 6) is -0.235. The van der Waals surface area contributed by atoms with E-state index in [1.165, 1.54) is 19.1 Å². The number of ketones is 1. The fourth-order valence-corrected chi connectivity index (χ4v) is 2.23. The topological polar surface area (TPSA) is 82.8 Å². The first kappa shape index (κ1) is 16.7. The summed E-state index contributed by atoms with van der Waals surface area (Å²) in [6, 6.07) is 3.02. The monoisotopic (exact) mass is 318 g/mol. The van der Waals surface area contributed by atoms with Crippen molar-refractivity contribution in [2.24, 2.45) is 0 Å². The van der Waals surface area contributed by atoms with Crippen LogP contribution in [0.25, 0.3) is 11.0 Å². The highest BCUT2D eigenvalue weighted by atomic mass is 16.6. The van der Waals surface area contributed by atoms with Crippen molar-refractivity contribution in [3.8, 4) is 5.75 Å². The van der Waals surface area contributed by atoms with Gasteiger partial charge in [-0.25, -0.2) is 4.79 Å². The van der Waals surface area contributed by atoms with Gasteiger partial charge in [0.15, 0.2) is 23.4 Å². The van der Waals surface area contributed by atoms with Crippen LogP contribution in [0.3, 0.4) is 0 Å². The van der Waals surface area contributed by atoms with Gasteiger partial charge in [0.25, 0.3) is 0 Å². The van der Waals surface area contributed by atoms with Gasteiger partial charge in [-0.05, 0) is 39.8 Å². The highest BCUT2D eigenvalue weighted by molar-refractivity contribution is 6.07. The quantitative estimate of drug-likeness (QED) is 0.622. The zero-order valence-corrected chi connectivity index (χ0v) is 13.5. The maximum absolute atomic E-state index is 12.3. The summed E-state index contributed by atoms with van der Waals surface area (Å²) in [5.41, 5.74) is 0.620. The molecule has 0 saturated carbocycles. The summed E-state index contributed by atoms with van der Waals surface area (Å²) in [7, 11) is 0. The van der Waals surface area contributed by atoms with Gasteiger partial charge in [0.05, 0.1) is 12.0 Å². The number of carbonyl (C=O) groups is 2. The Morgan fingerprint density at radius 2 is 1.91 bits per heavy atom. The van der Waals surface area contributed by atoms with E-state index in [1.54, 1.807) is 20.8 Å². The number of hydrogen-bond acceptors (Lipinski definition) is 6. The molecule has 0 aliphatic carbocycles. The Balaban J connectivity index is 2.57. The number of aryl methyl sites for hydroxylation is 1. The van der Waals surface area contributed by atoms with Crippen LogP contribution in [0.2, 0.25) is 0 Å². The molecule has 0 N–H and O–H groups in total. The first-order valence-corrected chi connectivity index (χ1v) is 7.23. The molecule has 0 spiro atoms. The molecule has 2 rings (SSSR count). The van der Waals surface area contributed by atoms with Gasteiger partial charge in [-0.15, -0.1) is 0 Å². The molecule has 122 valence electrons. The van der Waals surface area contributed by atoms with E-state index >= 15 is 0 Å². The van der Waals surface area contributed by atoms with E-state index in [4.69, 9.17) is 13.9 Å². The maximum atomic E-state index is 12.3. The standard InChI is InChI=1S/C17H18O6/c1-5-21-14(19)8-22-13-7-6-12-16(20)9(2)11(4)23-17(12)15(13)10(3)18/h6-7H,5,8H2,1-4H3. The second kappa shape index (κ2) is 6.64. The van der Waals surface area contributed by atoms with E-state index in [0.717, 1.165) is 0 Å². The lowest BCUT2D eigenvalue weighted by molar-refractivity contribution is -0.145. The third-order valence-electron chi connectivity index (χ3n) is 3.49. The molecule has 0 atom stereocenters. The molecule has 23 heavy (non-hydrogen) atoms. The van der Waals surface area contributed by atoms with E-state index in [0.29, 0.717) is 16.7 Å². The molecule has 0 saturated heterocycles. The summed E-state index contributed by atoms with van der Waals surface area (Å²) >= 11 is 0. The summed E-state index contributed by atoms with van der Waals surface area (Å²) < 4.78 is 15.8. The third kappa shape index (κ3) is 3.26. The fourth-order valence-electron chi connectivity index (χ4n) is 2.23. The van der Waals surface area contributed by atoms with Crippen molar-refractivity contribution in [2.45, 2.75) is 27.7 Å². The Hall–Kier alpha value is -2.63. The zero-order valence-electron chi connectivity index (χ0n) is 13.5.